The average Bonchev–Trinajstić information content (AvgIpc) is 3.39. The van der Waals surface area contributed by atoms with Gasteiger partial charge in [-0.25, -0.2) is 4.98 Å². The second kappa shape index (κ2) is 21.0. The van der Waals surface area contributed by atoms with E-state index in [0.717, 1.165) is 11.0 Å². The number of anilines is 1. The van der Waals surface area contributed by atoms with E-state index in [0.29, 0.717) is 12.0 Å². The van der Waals surface area contributed by atoms with Crippen LogP contribution in [0.1, 0.15) is 90.8 Å². The molecule has 0 bridgehead atoms. The molecule has 0 unspecified atom stereocenters. The molecule has 0 aliphatic heterocycles. The Hall–Kier alpha value is -0.231. The van der Waals surface area contributed by atoms with Crippen LogP contribution in [0.3, 0.4) is 0 Å². The van der Waals surface area contributed by atoms with E-state index < -0.39 is 0 Å². The first-order chi connectivity index (χ1) is 13.4. The Morgan fingerprint density at radius 1 is 0.862 bits per heavy atom. The molecule has 1 aromatic heterocycles. The van der Waals surface area contributed by atoms with E-state index in [1.807, 2.05) is 26.4 Å². The zero-order valence-electron chi connectivity index (χ0n) is 19.4. The van der Waals surface area contributed by atoms with Crippen LogP contribution in [0, 0.1) is 6.92 Å². The maximum absolute atomic E-state index is 4.22. The molecule has 7 heteroatoms. The van der Waals surface area contributed by atoms with E-state index in [4.69, 9.17) is 0 Å². The summed E-state index contributed by atoms with van der Waals surface area (Å²) in [4.78, 5) is 13.7. The molecular weight excluding hydrogens is 440 g/mol. The van der Waals surface area contributed by atoms with Gasteiger partial charge in [0.1, 0.15) is 5.82 Å². The monoisotopic (exact) mass is 482 g/mol. The van der Waals surface area contributed by atoms with Crippen LogP contribution < -0.4 is 5.32 Å². The number of aromatic nitrogens is 3. The van der Waals surface area contributed by atoms with Crippen LogP contribution in [0.2, 0.25) is 0 Å². The fourth-order valence-corrected chi connectivity index (χ4v) is 3.04. The quantitative estimate of drug-likeness (QED) is 0.354. The van der Waals surface area contributed by atoms with Gasteiger partial charge in [0.05, 0.1) is 0 Å². The molecule has 2 aliphatic rings. The molecule has 2 fully saturated rings. The van der Waals surface area contributed by atoms with Crippen molar-refractivity contribution >= 4 is 29.5 Å². The Kier molecular flexibility index (Phi) is 22.4. The van der Waals surface area contributed by atoms with Crippen molar-refractivity contribution in [3.05, 3.63) is 17.3 Å². The van der Waals surface area contributed by atoms with Crippen molar-refractivity contribution in [1.82, 2.24) is 15.0 Å². The molecule has 0 radical (unpaired) electrons. The molecule has 4 nitrogen and oxygen atoms in total. The molecule has 1 heterocycles. The van der Waals surface area contributed by atoms with Crippen LogP contribution in [0.4, 0.5) is 5.95 Å². The molecule has 3 rings (SSSR count). The van der Waals surface area contributed by atoms with Crippen molar-refractivity contribution in [3.63, 3.8) is 0 Å². The number of nitrogens with zero attached hydrogens (tertiary/aromatic N) is 3. The van der Waals surface area contributed by atoms with Crippen LogP contribution in [-0.2, 0) is 17.1 Å². The SMILES string of the molecule is C1CCCC1.C1CCCC1.C=C(C)SC.CSc1nc(C)nc(NC(C)C)n1.[Fe]. The van der Waals surface area contributed by atoms with Gasteiger partial charge in [0, 0.05) is 23.1 Å². The van der Waals surface area contributed by atoms with Crippen LogP contribution >= 0.6 is 23.5 Å². The summed E-state index contributed by atoms with van der Waals surface area (Å²) in [5.41, 5.74) is 0. The Bertz CT molecular complexity index is 494. The van der Waals surface area contributed by atoms with Gasteiger partial charge >= 0.3 is 0 Å². The van der Waals surface area contributed by atoms with Crippen molar-refractivity contribution in [1.29, 1.82) is 0 Å². The fourth-order valence-electron chi connectivity index (χ4n) is 2.64. The van der Waals surface area contributed by atoms with E-state index in [1.165, 1.54) is 80.9 Å². The van der Waals surface area contributed by atoms with Gasteiger partial charge < -0.3 is 5.32 Å². The molecule has 0 spiro atoms. The van der Waals surface area contributed by atoms with Crippen molar-refractivity contribution < 1.29 is 17.1 Å². The molecule has 0 atom stereocenters. The minimum absolute atomic E-state index is 0. The third-order valence-electron chi connectivity index (χ3n) is 4.18. The molecule has 0 amide bonds. The molecule has 1 aromatic rings. The zero-order chi connectivity index (χ0) is 21.2. The van der Waals surface area contributed by atoms with Gasteiger partial charge in [-0.15, -0.1) is 11.8 Å². The first kappa shape index (κ1) is 31.0. The minimum atomic E-state index is 0. The van der Waals surface area contributed by atoms with Gasteiger partial charge in [-0.2, -0.15) is 9.97 Å². The van der Waals surface area contributed by atoms with Gasteiger partial charge in [0.2, 0.25) is 5.95 Å². The van der Waals surface area contributed by atoms with E-state index in [9.17, 15) is 0 Å². The van der Waals surface area contributed by atoms with Crippen molar-refractivity contribution in [3.8, 4) is 0 Å². The number of hydrogen-bond acceptors (Lipinski definition) is 6. The standard InChI is InChI=1S/C8H14N4S.2C5H10.C4H8S.Fe/c1-5(2)9-7-10-6(3)11-8(12-7)13-4;2*1-2-4-5-3-1;1-4(2)5-3;/h5H,1-4H3,(H,9,10,11,12);2*1-5H2;1H2,2-3H3;. The zero-order valence-corrected chi connectivity index (χ0v) is 22.1. The van der Waals surface area contributed by atoms with E-state index in [-0.39, 0.29) is 17.1 Å². The van der Waals surface area contributed by atoms with Gasteiger partial charge in [0.15, 0.2) is 5.16 Å². The maximum Gasteiger partial charge on any atom is 0.227 e. The Labute approximate surface area is 199 Å². The summed E-state index contributed by atoms with van der Waals surface area (Å²) in [6, 6.07) is 0.344. The molecule has 0 saturated heterocycles. The van der Waals surface area contributed by atoms with Crippen LogP contribution in [0.25, 0.3) is 0 Å². The Morgan fingerprint density at radius 2 is 1.24 bits per heavy atom. The van der Waals surface area contributed by atoms with Crippen LogP contribution in [0.5, 0.6) is 0 Å². The number of nitrogens with one attached hydrogen (secondary N) is 1. The summed E-state index contributed by atoms with van der Waals surface area (Å²) < 4.78 is 0. The van der Waals surface area contributed by atoms with Gasteiger partial charge in [-0.1, -0.05) is 82.5 Å². The van der Waals surface area contributed by atoms with Gasteiger partial charge in [0.25, 0.3) is 0 Å². The smallest absolute Gasteiger partial charge is 0.227 e. The summed E-state index contributed by atoms with van der Waals surface area (Å²) in [6.45, 7) is 11.6. The van der Waals surface area contributed by atoms with Crippen molar-refractivity contribution in [2.75, 3.05) is 17.8 Å². The number of thioether (sulfide) groups is 2. The average molecular weight is 483 g/mol. The first-order valence-corrected chi connectivity index (χ1v) is 13.1. The fraction of sp³-hybridized carbons (Fsp3) is 0.773. The maximum atomic E-state index is 4.22. The summed E-state index contributed by atoms with van der Waals surface area (Å²) in [5.74, 6) is 1.41. The molecule has 0 aromatic carbocycles. The summed E-state index contributed by atoms with van der Waals surface area (Å²) in [5, 5.41) is 3.90. The minimum Gasteiger partial charge on any atom is -0.352 e. The predicted molar refractivity (Wildman–Crippen MR) is 130 cm³/mol. The predicted octanol–water partition coefficient (Wildman–Crippen LogP) is 7.50. The molecule has 1 N–H and O–H groups in total. The largest absolute Gasteiger partial charge is 0.352 e. The second-order valence-electron chi connectivity index (χ2n) is 7.43. The van der Waals surface area contributed by atoms with Gasteiger partial charge in [-0.05, 0) is 45.1 Å². The summed E-state index contributed by atoms with van der Waals surface area (Å²) in [7, 11) is 0. The third-order valence-corrected chi connectivity index (χ3v) is 5.42. The number of allylic oxidation sites excluding steroid dienone is 1. The Balaban J connectivity index is 0. The number of aryl methyl sites for hydroxylation is 1. The summed E-state index contributed by atoms with van der Waals surface area (Å²) in [6.07, 6.45) is 19.0. The molecule has 2 saturated carbocycles. The first-order valence-electron chi connectivity index (χ1n) is 10.6. The third kappa shape index (κ3) is 20.8. The second-order valence-corrected chi connectivity index (χ2v) is 9.31. The van der Waals surface area contributed by atoms with Crippen molar-refractivity contribution in [2.24, 2.45) is 0 Å². The normalized spacial score (nSPS) is 14.3. The molecular formula is C22H42FeN4S2. The molecule has 2 aliphatic carbocycles. The van der Waals surface area contributed by atoms with Crippen molar-refractivity contribution in [2.45, 2.75) is 103 Å². The van der Waals surface area contributed by atoms with Gasteiger partial charge in [-0.3, -0.25) is 0 Å². The summed E-state index contributed by atoms with van der Waals surface area (Å²) >= 11 is 3.21. The molecule has 29 heavy (non-hydrogen) atoms. The van der Waals surface area contributed by atoms with Crippen LogP contribution in [-0.4, -0.2) is 33.5 Å². The topological polar surface area (TPSA) is 50.7 Å². The van der Waals surface area contributed by atoms with E-state index in [2.05, 4.69) is 40.7 Å². The number of hydrogen-bond donors (Lipinski definition) is 1. The van der Waals surface area contributed by atoms with Crippen LogP contribution in [0.15, 0.2) is 16.6 Å². The molecule has 170 valence electrons. The Morgan fingerprint density at radius 3 is 1.52 bits per heavy atom. The number of rotatable bonds is 4. The van der Waals surface area contributed by atoms with E-state index in [1.54, 1.807) is 11.8 Å². The van der Waals surface area contributed by atoms with E-state index >= 15 is 0 Å².